The third-order valence-electron chi connectivity index (χ3n) is 4.81. The summed E-state index contributed by atoms with van der Waals surface area (Å²) in [4.78, 5) is 14.6. The van der Waals surface area contributed by atoms with E-state index in [1.165, 1.54) is 0 Å². The molecule has 2 aromatic rings. The van der Waals surface area contributed by atoms with Crippen molar-refractivity contribution < 1.29 is 14.3 Å². The number of hydrogen-bond donors (Lipinski definition) is 1. The fourth-order valence-electron chi connectivity index (χ4n) is 3.59. The molecular formula is C19H22N2O3. The van der Waals surface area contributed by atoms with Crippen molar-refractivity contribution in [3.8, 4) is 0 Å². The van der Waals surface area contributed by atoms with Crippen LogP contribution in [0.4, 0.5) is 10.5 Å². The van der Waals surface area contributed by atoms with E-state index in [1.54, 1.807) is 0 Å². The average molecular weight is 326 g/mol. The molecule has 0 saturated carbocycles. The summed E-state index contributed by atoms with van der Waals surface area (Å²) in [6.07, 6.45) is 1.87. The zero-order valence-electron chi connectivity index (χ0n) is 13.6. The van der Waals surface area contributed by atoms with E-state index in [9.17, 15) is 4.79 Å². The molecule has 5 nitrogen and oxygen atoms in total. The van der Waals surface area contributed by atoms with Crippen LogP contribution in [0.1, 0.15) is 12.8 Å². The quantitative estimate of drug-likeness (QED) is 0.919. The van der Waals surface area contributed by atoms with E-state index < -0.39 is 0 Å². The predicted octanol–water partition coefficient (Wildman–Crippen LogP) is 3.46. The monoisotopic (exact) mass is 326 g/mol. The van der Waals surface area contributed by atoms with Gasteiger partial charge in [-0.25, -0.2) is 4.79 Å². The number of fused-ring (bicyclic) bond motifs is 1. The molecule has 2 fully saturated rings. The summed E-state index contributed by atoms with van der Waals surface area (Å²) in [5.74, 6) is 0.263. The first kappa shape index (κ1) is 15.4. The number of rotatable bonds is 2. The van der Waals surface area contributed by atoms with Crippen molar-refractivity contribution in [2.75, 3.05) is 31.6 Å². The number of likely N-dealkylation sites (tertiary alicyclic amines) is 1. The Balaban J connectivity index is 1.47. The van der Waals surface area contributed by atoms with Crippen LogP contribution in [0.5, 0.6) is 0 Å². The first-order chi connectivity index (χ1) is 11.8. The van der Waals surface area contributed by atoms with Gasteiger partial charge in [0.15, 0.2) is 6.29 Å². The Morgan fingerprint density at radius 3 is 2.75 bits per heavy atom. The minimum Gasteiger partial charge on any atom is -0.350 e. The van der Waals surface area contributed by atoms with E-state index in [0.29, 0.717) is 19.8 Å². The molecule has 5 heteroatoms. The number of amides is 2. The molecule has 0 radical (unpaired) electrons. The molecule has 2 amide bonds. The maximum absolute atomic E-state index is 12.7. The molecule has 0 bridgehead atoms. The van der Waals surface area contributed by atoms with Crippen LogP contribution in [-0.2, 0) is 9.47 Å². The number of carbonyl (C=O) groups excluding carboxylic acids is 1. The lowest BCUT2D eigenvalue weighted by Gasteiger charge is -2.34. The molecule has 2 aromatic carbocycles. The van der Waals surface area contributed by atoms with Gasteiger partial charge >= 0.3 is 6.03 Å². The van der Waals surface area contributed by atoms with E-state index in [-0.39, 0.29) is 18.2 Å². The number of benzene rings is 2. The number of urea groups is 1. The minimum atomic E-state index is -0.154. The summed E-state index contributed by atoms with van der Waals surface area (Å²) in [7, 11) is 0. The fraction of sp³-hybridized carbons (Fsp3) is 0.421. The lowest BCUT2D eigenvalue weighted by molar-refractivity contribution is -0.0959. The van der Waals surface area contributed by atoms with Crippen LogP contribution < -0.4 is 5.32 Å². The van der Waals surface area contributed by atoms with E-state index in [4.69, 9.17) is 9.47 Å². The van der Waals surface area contributed by atoms with Gasteiger partial charge < -0.3 is 19.7 Å². The smallest absolute Gasteiger partial charge is 0.321 e. The molecule has 2 saturated heterocycles. The Labute approximate surface area is 141 Å². The zero-order chi connectivity index (χ0) is 16.4. The number of nitrogens with zero attached hydrogens (tertiary/aromatic N) is 1. The number of nitrogens with one attached hydrogen (secondary N) is 1. The van der Waals surface area contributed by atoms with E-state index >= 15 is 0 Å². The lowest BCUT2D eigenvalue weighted by Crippen LogP contribution is -2.45. The van der Waals surface area contributed by atoms with E-state index in [1.807, 2.05) is 35.2 Å². The summed E-state index contributed by atoms with van der Waals surface area (Å²) in [5.41, 5.74) is 0.855. The molecule has 4 rings (SSSR count). The normalized spacial score (nSPS) is 22.0. The van der Waals surface area contributed by atoms with Crippen molar-refractivity contribution in [2.24, 2.45) is 5.92 Å². The molecule has 0 spiro atoms. The molecule has 1 N–H and O–H groups in total. The number of anilines is 1. The van der Waals surface area contributed by atoms with Crippen LogP contribution in [0.2, 0.25) is 0 Å². The van der Waals surface area contributed by atoms with Crippen molar-refractivity contribution in [3.05, 3.63) is 42.5 Å². The van der Waals surface area contributed by atoms with Gasteiger partial charge in [0, 0.05) is 24.4 Å². The largest absolute Gasteiger partial charge is 0.350 e. The van der Waals surface area contributed by atoms with Gasteiger partial charge in [0.1, 0.15) is 0 Å². The van der Waals surface area contributed by atoms with Gasteiger partial charge in [-0.1, -0.05) is 36.4 Å². The summed E-state index contributed by atoms with van der Waals surface area (Å²) in [5, 5.41) is 5.26. The Bertz CT molecular complexity index is 722. The fourth-order valence-corrected chi connectivity index (χ4v) is 3.59. The van der Waals surface area contributed by atoms with Crippen LogP contribution in [0.3, 0.4) is 0 Å². The maximum Gasteiger partial charge on any atom is 0.321 e. The van der Waals surface area contributed by atoms with Gasteiger partial charge in [-0.05, 0) is 24.3 Å². The molecular weight excluding hydrogens is 304 g/mol. The van der Waals surface area contributed by atoms with Crippen LogP contribution in [0, 0.1) is 5.92 Å². The highest BCUT2D eigenvalue weighted by Gasteiger charge is 2.32. The Kier molecular flexibility index (Phi) is 4.36. The number of piperidine rings is 1. The first-order valence-corrected chi connectivity index (χ1v) is 8.58. The van der Waals surface area contributed by atoms with Gasteiger partial charge in [-0.3, -0.25) is 0 Å². The first-order valence-electron chi connectivity index (χ1n) is 8.58. The molecule has 2 heterocycles. The molecule has 1 atom stereocenters. The highest BCUT2D eigenvalue weighted by molar-refractivity contribution is 6.01. The second-order valence-corrected chi connectivity index (χ2v) is 6.42. The number of hydrogen-bond acceptors (Lipinski definition) is 3. The zero-order valence-corrected chi connectivity index (χ0v) is 13.6. The van der Waals surface area contributed by atoms with Crippen LogP contribution in [-0.4, -0.2) is 43.5 Å². The van der Waals surface area contributed by atoms with Gasteiger partial charge in [0.25, 0.3) is 0 Å². The predicted molar refractivity (Wildman–Crippen MR) is 93.0 cm³/mol. The van der Waals surface area contributed by atoms with E-state index in [2.05, 4.69) is 17.4 Å². The van der Waals surface area contributed by atoms with Crippen LogP contribution >= 0.6 is 0 Å². The van der Waals surface area contributed by atoms with Crippen molar-refractivity contribution in [1.82, 2.24) is 4.90 Å². The second kappa shape index (κ2) is 6.79. The van der Waals surface area contributed by atoms with Gasteiger partial charge in [0.2, 0.25) is 0 Å². The summed E-state index contributed by atoms with van der Waals surface area (Å²) in [6, 6.07) is 14.0. The van der Waals surface area contributed by atoms with Crippen molar-refractivity contribution in [2.45, 2.75) is 19.1 Å². The summed E-state index contributed by atoms with van der Waals surface area (Å²) >= 11 is 0. The highest BCUT2D eigenvalue weighted by atomic mass is 16.7. The van der Waals surface area contributed by atoms with Gasteiger partial charge in [0.05, 0.1) is 18.9 Å². The molecule has 0 aliphatic carbocycles. The van der Waals surface area contributed by atoms with Crippen molar-refractivity contribution in [3.63, 3.8) is 0 Å². The molecule has 126 valence electrons. The maximum atomic E-state index is 12.7. The molecule has 2 aliphatic heterocycles. The average Bonchev–Trinajstić information content (AvgIpc) is 3.17. The van der Waals surface area contributed by atoms with Crippen LogP contribution in [0.25, 0.3) is 10.8 Å². The minimum absolute atomic E-state index is 0.0472. The Morgan fingerprint density at radius 2 is 1.88 bits per heavy atom. The lowest BCUT2D eigenvalue weighted by atomic mass is 9.97. The highest BCUT2D eigenvalue weighted by Crippen LogP contribution is 2.27. The van der Waals surface area contributed by atoms with Crippen LogP contribution in [0.15, 0.2) is 42.5 Å². The van der Waals surface area contributed by atoms with Gasteiger partial charge in [-0.2, -0.15) is 0 Å². The summed E-state index contributed by atoms with van der Waals surface area (Å²) < 4.78 is 11.2. The molecule has 0 unspecified atom stereocenters. The standard InChI is InChI=1S/C19H22N2O3/c22-19(20-17-9-3-6-14-5-1-2-8-16(14)17)21-10-4-7-15(13-21)18-23-11-12-24-18/h1-3,5-6,8-9,15,18H,4,7,10-13H2,(H,20,22)/t15-/m0/s1. The SMILES string of the molecule is O=C(Nc1cccc2ccccc12)N1CCC[C@H](C2OCCO2)C1. The van der Waals surface area contributed by atoms with E-state index in [0.717, 1.165) is 35.8 Å². The molecule has 2 aliphatic rings. The molecule has 0 aromatic heterocycles. The third-order valence-corrected chi connectivity index (χ3v) is 4.81. The number of carbonyl (C=O) groups is 1. The topological polar surface area (TPSA) is 50.8 Å². The Morgan fingerprint density at radius 1 is 1.08 bits per heavy atom. The number of ether oxygens (including phenoxy) is 2. The van der Waals surface area contributed by atoms with Crippen molar-refractivity contribution >= 4 is 22.5 Å². The second-order valence-electron chi connectivity index (χ2n) is 6.42. The van der Waals surface area contributed by atoms with Gasteiger partial charge in [-0.15, -0.1) is 0 Å². The third kappa shape index (κ3) is 3.09. The summed E-state index contributed by atoms with van der Waals surface area (Å²) in [6.45, 7) is 2.77. The van der Waals surface area contributed by atoms with Crippen molar-refractivity contribution in [1.29, 1.82) is 0 Å². The molecule has 24 heavy (non-hydrogen) atoms. The Hall–Kier alpha value is -2.11.